The molecule has 0 aliphatic carbocycles. The fourth-order valence-electron chi connectivity index (χ4n) is 3.33. The molecule has 3 aromatic rings. The minimum absolute atomic E-state index is 0.218. The van der Waals surface area contributed by atoms with Crippen molar-refractivity contribution >= 4 is 40.8 Å². The Kier molecular flexibility index (Phi) is 8.65. The molecule has 0 radical (unpaired) electrons. The summed E-state index contributed by atoms with van der Waals surface area (Å²) in [5.74, 6) is -0.979. The Morgan fingerprint density at radius 1 is 1.30 bits per heavy atom. The maximum absolute atomic E-state index is 14.2. The zero-order valence-electron chi connectivity index (χ0n) is 17.7. The molecule has 1 amide bonds. The van der Waals surface area contributed by atoms with Crippen LogP contribution < -0.4 is 10.6 Å². The average molecular weight is 476 g/mol. The van der Waals surface area contributed by atoms with Crippen LogP contribution in [0.1, 0.15) is 18.5 Å². The number of halogens is 3. The summed E-state index contributed by atoms with van der Waals surface area (Å²) in [5, 5.41) is 22.0. The highest BCUT2D eigenvalue weighted by molar-refractivity contribution is 6.30. The number of nitrogens with zero attached hydrogens (tertiary/aromatic N) is 2. The molecule has 4 rings (SSSR count). The van der Waals surface area contributed by atoms with E-state index in [0.29, 0.717) is 45.6 Å². The lowest BCUT2D eigenvalue weighted by Gasteiger charge is -2.14. The van der Waals surface area contributed by atoms with Crippen LogP contribution in [0.3, 0.4) is 0 Å². The smallest absolute Gasteiger partial charge is 0.247 e. The summed E-state index contributed by atoms with van der Waals surface area (Å²) >= 11 is 5.80. The molecule has 7 nitrogen and oxygen atoms in total. The third kappa shape index (κ3) is 6.44. The maximum Gasteiger partial charge on any atom is 0.247 e. The van der Waals surface area contributed by atoms with Crippen molar-refractivity contribution in [2.45, 2.75) is 19.0 Å². The molecule has 1 aromatic heterocycles. The lowest BCUT2D eigenvalue weighted by Crippen LogP contribution is -2.28. The number of aliphatic imine (C=N–C) groups is 1. The highest BCUT2D eigenvalue weighted by atomic mass is 35.5. The van der Waals surface area contributed by atoms with Crippen LogP contribution >= 0.6 is 11.6 Å². The monoisotopic (exact) mass is 475 g/mol. The number of aromatic nitrogens is 2. The van der Waals surface area contributed by atoms with Crippen molar-refractivity contribution in [2.75, 3.05) is 19.8 Å². The SMILES string of the molecule is C=N/C(=C\C(=O)NCO)c1n[nH]c2ccc(-c3ccc(Cl)cc3F)cc12.FC1CCNCC1. The number of alkyl halides is 1. The van der Waals surface area contributed by atoms with Crippen LogP contribution in [-0.2, 0) is 4.79 Å². The first-order chi connectivity index (χ1) is 15.9. The minimum Gasteiger partial charge on any atom is -0.376 e. The van der Waals surface area contributed by atoms with Crippen molar-refractivity contribution < 1.29 is 18.7 Å². The van der Waals surface area contributed by atoms with Gasteiger partial charge in [-0.25, -0.2) is 8.78 Å². The predicted octanol–water partition coefficient (Wildman–Crippen LogP) is 3.84. The summed E-state index contributed by atoms with van der Waals surface area (Å²) < 4.78 is 26.4. The molecule has 1 fully saturated rings. The van der Waals surface area contributed by atoms with Gasteiger partial charge in [-0.1, -0.05) is 17.7 Å². The van der Waals surface area contributed by atoms with E-state index in [2.05, 4.69) is 32.5 Å². The highest BCUT2D eigenvalue weighted by Gasteiger charge is 2.14. The molecular weight excluding hydrogens is 452 g/mol. The summed E-state index contributed by atoms with van der Waals surface area (Å²) in [6.45, 7) is 4.68. The van der Waals surface area contributed by atoms with Gasteiger partial charge in [-0.05, 0) is 68.5 Å². The highest BCUT2D eigenvalue weighted by Crippen LogP contribution is 2.31. The molecule has 0 atom stereocenters. The number of rotatable bonds is 5. The molecule has 1 saturated heterocycles. The van der Waals surface area contributed by atoms with Crippen molar-refractivity contribution in [2.24, 2.45) is 4.99 Å². The number of fused-ring (bicyclic) bond motifs is 1. The molecule has 2 heterocycles. The Labute approximate surface area is 194 Å². The van der Waals surface area contributed by atoms with Crippen LogP contribution in [0.4, 0.5) is 8.78 Å². The van der Waals surface area contributed by atoms with Gasteiger partial charge in [0.2, 0.25) is 5.91 Å². The van der Waals surface area contributed by atoms with Crippen molar-refractivity contribution in [1.29, 1.82) is 0 Å². The van der Waals surface area contributed by atoms with Gasteiger partial charge < -0.3 is 15.7 Å². The van der Waals surface area contributed by atoms with Crippen molar-refractivity contribution in [1.82, 2.24) is 20.8 Å². The molecule has 2 aromatic carbocycles. The number of aliphatic hydroxyl groups excluding tert-OH is 1. The standard InChI is InChI=1S/C18H14ClFN4O2.C5H10FN/c1-21-16(8-17(26)22-9-25)18-13-6-10(2-5-15(13)23-24-18)12-4-3-11(19)7-14(12)20;6-5-1-3-7-4-2-5/h2-8,25H,1,9H2,(H,22,26)(H,23,24);5,7H,1-4H2/b16-8-;. The van der Waals surface area contributed by atoms with Crippen molar-refractivity contribution in [3.63, 3.8) is 0 Å². The first-order valence-corrected chi connectivity index (χ1v) is 10.7. The van der Waals surface area contributed by atoms with Crippen LogP contribution in [0, 0.1) is 5.82 Å². The second-order valence-electron chi connectivity index (χ2n) is 7.27. The maximum atomic E-state index is 14.2. The normalized spacial score (nSPS) is 14.5. The third-order valence-electron chi connectivity index (χ3n) is 5.01. The summed E-state index contributed by atoms with van der Waals surface area (Å²) in [6, 6.07) is 9.69. The van der Waals surface area contributed by atoms with Gasteiger partial charge in [0.1, 0.15) is 24.4 Å². The van der Waals surface area contributed by atoms with E-state index in [0.717, 1.165) is 13.1 Å². The number of benzene rings is 2. The van der Waals surface area contributed by atoms with Crippen LogP contribution in [0.15, 0.2) is 47.5 Å². The number of hydrogen-bond acceptors (Lipinski definition) is 5. The fourth-order valence-corrected chi connectivity index (χ4v) is 3.49. The number of carbonyl (C=O) groups excluding carboxylic acids is 1. The van der Waals surface area contributed by atoms with Gasteiger partial charge in [0, 0.05) is 22.0 Å². The molecule has 1 aliphatic rings. The summed E-state index contributed by atoms with van der Waals surface area (Å²) in [4.78, 5) is 15.5. The molecule has 174 valence electrons. The number of amides is 1. The molecule has 0 unspecified atom stereocenters. The van der Waals surface area contributed by atoms with E-state index in [1.54, 1.807) is 30.3 Å². The van der Waals surface area contributed by atoms with Crippen molar-refractivity contribution in [3.05, 3.63) is 59.0 Å². The number of H-pyrrole nitrogens is 1. The topological polar surface area (TPSA) is 102 Å². The van der Waals surface area contributed by atoms with E-state index in [-0.39, 0.29) is 5.70 Å². The van der Waals surface area contributed by atoms with E-state index in [4.69, 9.17) is 16.7 Å². The number of carbonyl (C=O) groups is 1. The Bertz CT molecular complexity index is 1160. The summed E-state index contributed by atoms with van der Waals surface area (Å²) in [6.07, 6.45) is 2.07. The molecule has 0 saturated carbocycles. The molecule has 0 bridgehead atoms. The molecule has 0 spiro atoms. The molecule has 10 heteroatoms. The summed E-state index contributed by atoms with van der Waals surface area (Å²) in [5.41, 5.74) is 2.31. The minimum atomic E-state index is -0.536. The van der Waals surface area contributed by atoms with E-state index < -0.39 is 24.6 Å². The van der Waals surface area contributed by atoms with Gasteiger partial charge in [0.25, 0.3) is 0 Å². The summed E-state index contributed by atoms with van der Waals surface area (Å²) in [7, 11) is 0. The fraction of sp³-hybridized carbons (Fsp3) is 0.261. The Balaban J connectivity index is 0.000000374. The van der Waals surface area contributed by atoms with Gasteiger partial charge in [-0.15, -0.1) is 0 Å². The molecular formula is C23H24ClF2N5O2. The Hall–Kier alpha value is -3.14. The number of aliphatic hydroxyl groups is 1. The molecule has 4 N–H and O–H groups in total. The van der Waals surface area contributed by atoms with Crippen molar-refractivity contribution in [3.8, 4) is 11.1 Å². The number of piperidine rings is 1. The first kappa shape index (κ1) is 24.5. The average Bonchev–Trinajstić information content (AvgIpc) is 3.22. The lowest BCUT2D eigenvalue weighted by atomic mass is 10.0. The third-order valence-corrected chi connectivity index (χ3v) is 5.24. The first-order valence-electron chi connectivity index (χ1n) is 10.3. The van der Waals surface area contributed by atoms with E-state index in [1.165, 1.54) is 12.1 Å². The second-order valence-corrected chi connectivity index (χ2v) is 7.70. The quantitative estimate of drug-likeness (QED) is 0.256. The number of hydrogen-bond donors (Lipinski definition) is 4. The van der Waals surface area contributed by atoms with Crippen LogP contribution in [0.2, 0.25) is 5.02 Å². The Morgan fingerprint density at radius 2 is 2.06 bits per heavy atom. The predicted molar refractivity (Wildman–Crippen MR) is 126 cm³/mol. The van der Waals surface area contributed by atoms with Gasteiger partial charge in [-0.2, -0.15) is 5.10 Å². The molecule has 1 aliphatic heterocycles. The lowest BCUT2D eigenvalue weighted by molar-refractivity contribution is -0.117. The van der Waals surface area contributed by atoms with Gasteiger partial charge in [-0.3, -0.25) is 14.9 Å². The van der Waals surface area contributed by atoms with Crippen LogP contribution in [0.25, 0.3) is 27.7 Å². The molecule has 33 heavy (non-hydrogen) atoms. The Morgan fingerprint density at radius 3 is 2.67 bits per heavy atom. The van der Waals surface area contributed by atoms with Gasteiger partial charge >= 0.3 is 0 Å². The number of aromatic amines is 1. The number of nitrogens with one attached hydrogen (secondary N) is 3. The largest absolute Gasteiger partial charge is 0.376 e. The van der Waals surface area contributed by atoms with Gasteiger partial charge in [0.05, 0.1) is 11.2 Å². The van der Waals surface area contributed by atoms with E-state index in [9.17, 15) is 13.6 Å². The van der Waals surface area contributed by atoms with Gasteiger partial charge in [0.15, 0.2) is 0 Å². The van der Waals surface area contributed by atoms with E-state index in [1.807, 2.05) is 0 Å². The zero-order chi connectivity index (χ0) is 23.8. The van der Waals surface area contributed by atoms with Crippen LogP contribution in [0.5, 0.6) is 0 Å². The van der Waals surface area contributed by atoms with Crippen LogP contribution in [-0.4, -0.2) is 53.9 Å². The second kappa shape index (κ2) is 11.6. The van der Waals surface area contributed by atoms with E-state index >= 15 is 0 Å². The zero-order valence-corrected chi connectivity index (χ0v) is 18.5.